The lowest BCUT2D eigenvalue weighted by atomic mass is 9.95. The number of piperidine rings is 1. The number of nitrogens with one attached hydrogen (secondary N) is 2. The van der Waals surface area contributed by atoms with Crippen molar-refractivity contribution < 1.29 is 14.3 Å². The van der Waals surface area contributed by atoms with Gasteiger partial charge in [0.25, 0.3) is 0 Å². The van der Waals surface area contributed by atoms with E-state index in [1.165, 1.54) is 0 Å². The number of carbonyl (C=O) groups is 2. The van der Waals surface area contributed by atoms with Gasteiger partial charge < -0.3 is 20.3 Å². The minimum absolute atomic E-state index is 0.0460. The van der Waals surface area contributed by atoms with Crippen LogP contribution in [-0.4, -0.2) is 62.1 Å². The molecular weight excluding hydrogens is 258 g/mol. The highest BCUT2D eigenvalue weighted by atomic mass is 16.5. The summed E-state index contributed by atoms with van der Waals surface area (Å²) in [5, 5.41) is 6.19. The summed E-state index contributed by atoms with van der Waals surface area (Å²) in [5.41, 5.74) is 0. The van der Waals surface area contributed by atoms with Crippen molar-refractivity contribution in [3.05, 3.63) is 0 Å². The molecule has 0 spiro atoms. The van der Waals surface area contributed by atoms with Crippen LogP contribution in [0.15, 0.2) is 0 Å². The van der Waals surface area contributed by atoms with E-state index in [-0.39, 0.29) is 17.7 Å². The molecule has 2 atom stereocenters. The maximum Gasteiger partial charge on any atom is 0.224 e. The molecule has 2 saturated heterocycles. The Bertz CT molecular complexity index is 335. The predicted octanol–water partition coefficient (Wildman–Crippen LogP) is -0.260. The maximum atomic E-state index is 12.0. The summed E-state index contributed by atoms with van der Waals surface area (Å²) >= 11 is 0. The second-order valence-corrected chi connectivity index (χ2v) is 5.62. The van der Waals surface area contributed by atoms with E-state index < -0.39 is 0 Å². The molecule has 6 heteroatoms. The van der Waals surface area contributed by atoms with E-state index in [1.807, 2.05) is 0 Å². The minimum atomic E-state index is 0.0460. The van der Waals surface area contributed by atoms with Crippen molar-refractivity contribution in [1.82, 2.24) is 15.5 Å². The van der Waals surface area contributed by atoms with E-state index in [0.29, 0.717) is 45.3 Å². The summed E-state index contributed by atoms with van der Waals surface area (Å²) in [6.45, 7) is 5.86. The van der Waals surface area contributed by atoms with E-state index in [1.54, 1.807) is 4.90 Å². The summed E-state index contributed by atoms with van der Waals surface area (Å²) in [5.74, 6) is 0.216. The van der Waals surface area contributed by atoms with Crippen LogP contribution in [0, 0.1) is 5.92 Å². The number of ether oxygens (including phenoxy) is 1. The first-order valence-corrected chi connectivity index (χ1v) is 7.53. The van der Waals surface area contributed by atoms with E-state index >= 15 is 0 Å². The van der Waals surface area contributed by atoms with Gasteiger partial charge in [-0.1, -0.05) is 0 Å². The van der Waals surface area contributed by atoms with E-state index in [9.17, 15) is 9.59 Å². The second kappa shape index (κ2) is 7.59. The average Bonchev–Trinajstić information content (AvgIpc) is 2.48. The highest BCUT2D eigenvalue weighted by Gasteiger charge is 2.24. The molecule has 2 fully saturated rings. The van der Waals surface area contributed by atoms with E-state index in [4.69, 9.17) is 4.74 Å². The largest absolute Gasteiger partial charge is 0.378 e. The molecule has 0 aromatic heterocycles. The molecule has 2 aliphatic heterocycles. The number of hydrogen-bond donors (Lipinski definition) is 2. The maximum absolute atomic E-state index is 12.0. The monoisotopic (exact) mass is 283 g/mol. The van der Waals surface area contributed by atoms with E-state index in [0.717, 1.165) is 19.4 Å². The van der Waals surface area contributed by atoms with Crippen molar-refractivity contribution in [2.75, 3.05) is 39.4 Å². The highest BCUT2D eigenvalue weighted by Crippen LogP contribution is 2.13. The SMILES string of the molecule is CC1CCC(C(=O)NCCC(=O)N2CCOCC2)CN1. The lowest BCUT2D eigenvalue weighted by Gasteiger charge is -2.28. The third kappa shape index (κ3) is 4.45. The third-order valence-corrected chi connectivity index (χ3v) is 4.03. The highest BCUT2D eigenvalue weighted by molar-refractivity contribution is 5.80. The van der Waals surface area contributed by atoms with Crippen LogP contribution < -0.4 is 10.6 Å². The summed E-state index contributed by atoms with van der Waals surface area (Å²) in [7, 11) is 0. The molecule has 6 nitrogen and oxygen atoms in total. The molecule has 2 N–H and O–H groups in total. The fourth-order valence-electron chi connectivity index (χ4n) is 2.63. The Balaban J connectivity index is 1.62. The molecule has 0 radical (unpaired) electrons. The minimum Gasteiger partial charge on any atom is -0.378 e. The summed E-state index contributed by atoms with van der Waals surface area (Å²) in [4.78, 5) is 25.7. The molecule has 0 aromatic carbocycles. The van der Waals surface area contributed by atoms with Crippen LogP contribution in [0.2, 0.25) is 0 Å². The third-order valence-electron chi connectivity index (χ3n) is 4.03. The number of nitrogens with zero attached hydrogens (tertiary/aromatic N) is 1. The van der Waals surface area contributed by atoms with Crippen LogP contribution in [-0.2, 0) is 14.3 Å². The molecule has 0 bridgehead atoms. The Labute approximate surface area is 120 Å². The molecule has 2 amide bonds. The van der Waals surface area contributed by atoms with Crippen molar-refractivity contribution >= 4 is 11.8 Å². The Hall–Kier alpha value is -1.14. The zero-order valence-corrected chi connectivity index (χ0v) is 12.2. The number of morpholine rings is 1. The quantitative estimate of drug-likeness (QED) is 0.746. The Morgan fingerprint density at radius 2 is 2.05 bits per heavy atom. The van der Waals surface area contributed by atoms with E-state index in [2.05, 4.69) is 17.6 Å². The first-order valence-electron chi connectivity index (χ1n) is 7.53. The van der Waals surface area contributed by atoms with Crippen LogP contribution in [0.5, 0.6) is 0 Å². The molecule has 0 aromatic rings. The summed E-state index contributed by atoms with van der Waals surface area (Å²) < 4.78 is 5.21. The fourth-order valence-corrected chi connectivity index (χ4v) is 2.63. The molecule has 114 valence electrons. The van der Waals surface area contributed by atoms with Crippen molar-refractivity contribution in [2.24, 2.45) is 5.92 Å². The summed E-state index contributed by atoms with van der Waals surface area (Å²) in [6.07, 6.45) is 2.34. The van der Waals surface area contributed by atoms with Gasteiger partial charge in [-0.05, 0) is 19.8 Å². The van der Waals surface area contributed by atoms with Gasteiger partial charge in [-0.2, -0.15) is 0 Å². The zero-order chi connectivity index (χ0) is 14.4. The number of hydrogen-bond acceptors (Lipinski definition) is 4. The van der Waals surface area contributed by atoms with Crippen LogP contribution in [0.3, 0.4) is 0 Å². The standard InChI is InChI=1S/C14H25N3O3/c1-11-2-3-12(10-16-11)14(19)15-5-4-13(18)17-6-8-20-9-7-17/h11-12,16H,2-10H2,1H3,(H,15,19). The van der Waals surface area contributed by atoms with Crippen molar-refractivity contribution in [3.8, 4) is 0 Å². The Morgan fingerprint density at radius 1 is 1.30 bits per heavy atom. The first kappa shape index (κ1) is 15.3. The average molecular weight is 283 g/mol. The topological polar surface area (TPSA) is 70.7 Å². The van der Waals surface area contributed by atoms with Gasteiger partial charge in [-0.3, -0.25) is 9.59 Å². The summed E-state index contributed by atoms with van der Waals surface area (Å²) in [6, 6.07) is 0.502. The molecule has 0 aliphatic carbocycles. The molecule has 20 heavy (non-hydrogen) atoms. The number of amides is 2. The lowest BCUT2D eigenvalue weighted by molar-refractivity contribution is -0.135. The predicted molar refractivity (Wildman–Crippen MR) is 75.2 cm³/mol. The Morgan fingerprint density at radius 3 is 2.70 bits per heavy atom. The van der Waals surface area contributed by atoms with Gasteiger partial charge in [-0.25, -0.2) is 0 Å². The van der Waals surface area contributed by atoms with Gasteiger partial charge in [0, 0.05) is 38.6 Å². The van der Waals surface area contributed by atoms with Gasteiger partial charge in [0.05, 0.1) is 19.1 Å². The zero-order valence-electron chi connectivity index (χ0n) is 12.2. The molecular formula is C14H25N3O3. The van der Waals surface area contributed by atoms with Gasteiger partial charge in [-0.15, -0.1) is 0 Å². The number of rotatable bonds is 4. The van der Waals surface area contributed by atoms with Gasteiger partial charge in [0.2, 0.25) is 11.8 Å². The van der Waals surface area contributed by atoms with Crippen molar-refractivity contribution in [2.45, 2.75) is 32.2 Å². The first-order chi connectivity index (χ1) is 9.66. The second-order valence-electron chi connectivity index (χ2n) is 5.62. The number of carbonyl (C=O) groups excluding carboxylic acids is 2. The molecule has 2 aliphatic rings. The molecule has 0 saturated carbocycles. The van der Waals surface area contributed by atoms with Crippen LogP contribution in [0.1, 0.15) is 26.2 Å². The lowest BCUT2D eigenvalue weighted by Crippen LogP contribution is -2.45. The van der Waals surface area contributed by atoms with Crippen LogP contribution in [0.4, 0.5) is 0 Å². The molecule has 2 heterocycles. The van der Waals surface area contributed by atoms with Crippen molar-refractivity contribution in [1.29, 1.82) is 0 Å². The fraction of sp³-hybridized carbons (Fsp3) is 0.857. The smallest absolute Gasteiger partial charge is 0.224 e. The molecule has 2 rings (SSSR count). The molecule has 2 unspecified atom stereocenters. The van der Waals surface area contributed by atoms with Gasteiger partial charge in [0.15, 0.2) is 0 Å². The Kier molecular flexibility index (Phi) is 5.79. The normalized spacial score (nSPS) is 27.1. The van der Waals surface area contributed by atoms with Gasteiger partial charge >= 0.3 is 0 Å². The van der Waals surface area contributed by atoms with Crippen LogP contribution >= 0.6 is 0 Å². The van der Waals surface area contributed by atoms with Crippen LogP contribution in [0.25, 0.3) is 0 Å². The van der Waals surface area contributed by atoms with Gasteiger partial charge in [0.1, 0.15) is 0 Å². The van der Waals surface area contributed by atoms with Crippen molar-refractivity contribution in [3.63, 3.8) is 0 Å².